The number of thioether (sulfide) groups is 1. The second kappa shape index (κ2) is 5.21. The van der Waals surface area contributed by atoms with Crippen LogP contribution in [-0.2, 0) is 0 Å². The van der Waals surface area contributed by atoms with Gasteiger partial charge in [-0.25, -0.2) is 0 Å². The van der Waals surface area contributed by atoms with E-state index in [1.165, 1.54) is 49.4 Å². The maximum Gasteiger partial charge on any atom is 0.157 e. The van der Waals surface area contributed by atoms with Crippen LogP contribution in [0, 0.1) is 5.41 Å². The van der Waals surface area contributed by atoms with Crippen LogP contribution < -0.4 is 5.32 Å². The van der Waals surface area contributed by atoms with Gasteiger partial charge in [0.1, 0.15) is 0 Å². The van der Waals surface area contributed by atoms with E-state index < -0.39 is 0 Å². The van der Waals surface area contributed by atoms with Crippen molar-refractivity contribution < 1.29 is 0 Å². The molecule has 2 aliphatic rings. The Labute approximate surface area is 110 Å². The number of amidine groups is 1. The van der Waals surface area contributed by atoms with Crippen LogP contribution in [0.2, 0.25) is 0 Å². The van der Waals surface area contributed by atoms with Crippen molar-refractivity contribution in [1.82, 2.24) is 5.32 Å². The van der Waals surface area contributed by atoms with Gasteiger partial charge in [0.05, 0.1) is 0 Å². The molecule has 0 unspecified atom stereocenters. The first kappa shape index (κ1) is 13.3. The van der Waals surface area contributed by atoms with Crippen LogP contribution in [0.3, 0.4) is 0 Å². The zero-order valence-electron chi connectivity index (χ0n) is 11.5. The van der Waals surface area contributed by atoms with Crippen molar-refractivity contribution in [3.05, 3.63) is 0 Å². The fraction of sp³-hybridized carbons (Fsp3) is 0.929. The fourth-order valence-corrected chi connectivity index (χ4v) is 4.09. The quantitative estimate of drug-likeness (QED) is 0.825. The van der Waals surface area contributed by atoms with E-state index in [4.69, 9.17) is 4.99 Å². The molecular weight excluding hydrogens is 228 g/mol. The number of rotatable bonds is 4. The Bertz CT molecular complexity index is 285. The summed E-state index contributed by atoms with van der Waals surface area (Å²) in [7, 11) is 0. The van der Waals surface area contributed by atoms with Gasteiger partial charge in [-0.05, 0) is 43.9 Å². The van der Waals surface area contributed by atoms with Crippen LogP contribution in [-0.4, -0.2) is 23.0 Å². The summed E-state index contributed by atoms with van der Waals surface area (Å²) in [6, 6.07) is 0. The van der Waals surface area contributed by atoms with E-state index in [1.807, 2.05) is 11.8 Å². The van der Waals surface area contributed by atoms with Crippen LogP contribution in [0.1, 0.15) is 59.3 Å². The number of hydrogen-bond donors (Lipinski definition) is 1. The molecule has 0 aromatic heterocycles. The Morgan fingerprint density at radius 2 is 1.88 bits per heavy atom. The molecular formula is C14H26N2S. The maximum absolute atomic E-state index is 4.81. The number of nitrogens with zero attached hydrogens (tertiary/aromatic N) is 1. The average Bonchev–Trinajstić information content (AvgIpc) is 2.35. The van der Waals surface area contributed by atoms with Crippen molar-refractivity contribution in [2.75, 3.05) is 12.3 Å². The van der Waals surface area contributed by atoms with E-state index in [0.29, 0.717) is 11.0 Å². The van der Waals surface area contributed by atoms with Crippen molar-refractivity contribution >= 4 is 16.9 Å². The van der Waals surface area contributed by atoms with Gasteiger partial charge in [0.2, 0.25) is 0 Å². The van der Waals surface area contributed by atoms with Crippen LogP contribution in [0.4, 0.5) is 0 Å². The lowest BCUT2D eigenvalue weighted by molar-refractivity contribution is 0.210. The standard InChI is InChI=1S/C14H26N2S/c1-4-13(5-2)10-15-12(17-11-13)16-14(6-3)8-7-9-14/h4-11H2,1-3H3,(H,15,16). The monoisotopic (exact) mass is 254 g/mol. The van der Waals surface area contributed by atoms with Crippen molar-refractivity contribution in [3.63, 3.8) is 0 Å². The third kappa shape index (κ3) is 2.64. The predicted molar refractivity (Wildman–Crippen MR) is 77.8 cm³/mol. The molecule has 2 nitrogen and oxygen atoms in total. The summed E-state index contributed by atoms with van der Waals surface area (Å²) in [4.78, 5) is 4.81. The molecule has 1 aliphatic carbocycles. The van der Waals surface area contributed by atoms with Crippen LogP contribution >= 0.6 is 11.8 Å². The summed E-state index contributed by atoms with van der Waals surface area (Å²) in [5.74, 6) is 1.24. The van der Waals surface area contributed by atoms with Gasteiger partial charge in [0.25, 0.3) is 0 Å². The molecule has 1 N–H and O–H groups in total. The number of hydrogen-bond acceptors (Lipinski definition) is 3. The van der Waals surface area contributed by atoms with Gasteiger partial charge >= 0.3 is 0 Å². The summed E-state index contributed by atoms with van der Waals surface area (Å²) in [6.07, 6.45) is 7.79. The molecule has 1 heterocycles. The van der Waals surface area contributed by atoms with E-state index in [-0.39, 0.29) is 0 Å². The summed E-state index contributed by atoms with van der Waals surface area (Å²) < 4.78 is 0. The van der Waals surface area contributed by atoms with E-state index in [2.05, 4.69) is 26.1 Å². The predicted octanol–water partition coefficient (Wildman–Crippen LogP) is 3.82. The molecule has 1 saturated carbocycles. The molecule has 0 radical (unpaired) electrons. The van der Waals surface area contributed by atoms with Gasteiger partial charge in [-0.1, -0.05) is 32.5 Å². The Hall–Kier alpha value is -0.180. The van der Waals surface area contributed by atoms with E-state index in [0.717, 1.165) is 6.54 Å². The third-order valence-corrected chi connectivity index (χ3v) is 6.19. The number of nitrogens with one attached hydrogen (secondary N) is 1. The molecule has 2 rings (SSSR count). The highest BCUT2D eigenvalue weighted by molar-refractivity contribution is 8.13. The van der Waals surface area contributed by atoms with E-state index >= 15 is 0 Å². The summed E-state index contributed by atoms with van der Waals surface area (Å²) in [6.45, 7) is 7.92. The molecule has 98 valence electrons. The zero-order chi connectivity index (χ0) is 12.4. The Kier molecular flexibility index (Phi) is 4.06. The second-order valence-electron chi connectivity index (χ2n) is 5.73. The molecule has 0 aromatic rings. The molecule has 0 amide bonds. The minimum absolute atomic E-state index is 0.393. The highest BCUT2D eigenvalue weighted by Gasteiger charge is 2.37. The lowest BCUT2D eigenvalue weighted by atomic mass is 9.75. The van der Waals surface area contributed by atoms with Crippen LogP contribution in [0.25, 0.3) is 0 Å². The lowest BCUT2D eigenvalue weighted by Gasteiger charge is -2.44. The molecule has 17 heavy (non-hydrogen) atoms. The van der Waals surface area contributed by atoms with E-state index in [9.17, 15) is 0 Å². The zero-order valence-corrected chi connectivity index (χ0v) is 12.3. The Balaban J connectivity index is 1.94. The molecule has 3 heteroatoms. The Morgan fingerprint density at radius 1 is 1.18 bits per heavy atom. The molecule has 0 atom stereocenters. The largest absolute Gasteiger partial charge is 0.360 e. The van der Waals surface area contributed by atoms with Crippen LogP contribution in [0.5, 0.6) is 0 Å². The van der Waals surface area contributed by atoms with Gasteiger partial charge < -0.3 is 5.32 Å². The molecule has 0 spiro atoms. The third-order valence-electron chi connectivity index (χ3n) is 4.93. The molecule has 1 aliphatic heterocycles. The van der Waals surface area contributed by atoms with Gasteiger partial charge in [-0.15, -0.1) is 0 Å². The Morgan fingerprint density at radius 3 is 2.24 bits per heavy atom. The first-order valence-electron chi connectivity index (χ1n) is 7.13. The van der Waals surface area contributed by atoms with Gasteiger partial charge in [0.15, 0.2) is 5.17 Å². The topological polar surface area (TPSA) is 24.4 Å². The first-order chi connectivity index (χ1) is 8.17. The average molecular weight is 254 g/mol. The summed E-state index contributed by atoms with van der Waals surface area (Å²) in [5, 5.41) is 4.93. The molecule has 0 aromatic carbocycles. The van der Waals surface area contributed by atoms with E-state index in [1.54, 1.807) is 0 Å². The molecule has 1 fully saturated rings. The number of aliphatic imine (C=N–C) groups is 1. The van der Waals surface area contributed by atoms with Gasteiger partial charge in [0, 0.05) is 17.8 Å². The fourth-order valence-electron chi connectivity index (χ4n) is 2.70. The minimum Gasteiger partial charge on any atom is -0.360 e. The highest BCUT2D eigenvalue weighted by atomic mass is 32.2. The van der Waals surface area contributed by atoms with Crippen LogP contribution in [0.15, 0.2) is 4.99 Å². The summed E-state index contributed by atoms with van der Waals surface area (Å²) in [5.41, 5.74) is 0.860. The lowest BCUT2D eigenvalue weighted by Crippen LogP contribution is -2.53. The summed E-state index contributed by atoms with van der Waals surface area (Å²) >= 11 is 1.95. The van der Waals surface area contributed by atoms with Crippen molar-refractivity contribution in [3.8, 4) is 0 Å². The smallest absolute Gasteiger partial charge is 0.157 e. The molecule has 0 bridgehead atoms. The highest BCUT2D eigenvalue weighted by Crippen LogP contribution is 2.38. The van der Waals surface area contributed by atoms with Crippen molar-refractivity contribution in [2.24, 2.45) is 10.4 Å². The van der Waals surface area contributed by atoms with Crippen molar-refractivity contribution in [1.29, 1.82) is 0 Å². The minimum atomic E-state index is 0.393. The van der Waals surface area contributed by atoms with Crippen molar-refractivity contribution in [2.45, 2.75) is 64.8 Å². The van der Waals surface area contributed by atoms with Gasteiger partial charge in [-0.2, -0.15) is 0 Å². The second-order valence-corrected chi connectivity index (χ2v) is 6.69. The normalized spacial score (nSPS) is 25.9. The van der Waals surface area contributed by atoms with Gasteiger partial charge in [-0.3, -0.25) is 4.99 Å². The SMILES string of the molecule is CCC1(CC)CN=C(NC2(CC)CCC2)SC1. The first-order valence-corrected chi connectivity index (χ1v) is 8.11. The maximum atomic E-state index is 4.81. The molecule has 0 saturated heterocycles.